The summed E-state index contributed by atoms with van der Waals surface area (Å²) in [6.07, 6.45) is 5.81. The summed E-state index contributed by atoms with van der Waals surface area (Å²) in [6.45, 7) is 3.19. The Morgan fingerprint density at radius 3 is 3.15 bits per heavy atom. The number of benzene rings is 1. The molecule has 2 aliphatic rings. The predicted octanol–water partition coefficient (Wildman–Crippen LogP) is 2.67. The maximum atomic E-state index is 5.81. The van der Waals surface area contributed by atoms with E-state index in [1.54, 1.807) is 0 Å². The highest BCUT2D eigenvalue weighted by molar-refractivity contribution is 8.00. The van der Waals surface area contributed by atoms with Crippen molar-refractivity contribution < 1.29 is 4.74 Å². The van der Waals surface area contributed by atoms with Crippen LogP contribution in [0.5, 0.6) is 5.75 Å². The summed E-state index contributed by atoms with van der Waals surface area (Å²) in [4.78, 5) is 0. The molecule has 0 aromatic heterocycles. The molecule has 1 aromatic carbocycles. The monoisotopic (exact) mass is 292 g/mol. The van der Waals surface area contributed by atoms with Gasteiger partial charge in [0.25, 0.3) is 0 Å². The molecule has 1 aromatic rings. The maximum Gasteiger partial charge on any atom is 0.122 e. The molecule has 0 aliphatic carbocycles. The lowest BCUT2D eigenvalue weighted by molar-refractivity contribution is 0.356. The largest absolute Gasteiger partial charge is 0.493 e. The number of nitrogens with two attached hydrogens (primary N) is 1. The molecule has 1 fully saturated rings. The number of ether oxygens (including phenoxy) is 1. The first-order valence-electron chi connectivity index (χ1n) is 7.56. The van der Waals surface area contributed by atoms with Gasteiger partial charge in [0.15, 0.2) is 0 Å². The Labute approximate surface area is 125 Å². The maximum absolute atomic E-state index is 5.81. The molecule has 3 N–H and O–H groups in total. The van der Waals surface area contributed by atoms with E-state index >= 15 is 0 Å². The van der Waals surface area contributed by atoms with Gasteiger partial charge in [-0.15, -0.1) is 0 Å². The highest BCUT2D eigenvalue weighted by atomic mass is 32.2. The van der Waals surface area contributed by atoms with Crippen LogP contribution in [-0.4, -0.2) is 23.1 Å². The quantitative estimate of drug-likeness (QED) is 0.647. The highest BCUT2D eigenvalue weighted by Gasteiger charge is 2.36. The molecule has 1 saturated heterocycles. The number of rotatable bonds is 5. The van der Waals surface area contributed by atoms with Crippen molar-refractivity contribution in [3.8, 4) is 5.75 Å². The van der Waals surface area contributed by atoms with Crippen molar-refractivity contribution in [3.05, 3.63) is 29.3 Å². The zero-order valence-electron chi connectivity index (χ0n) is 12.2. The summed E-state index contributed by atoms with van der Waals surface area (Å²) < 4.78 is 5.86. The molecule has 3 rings (SSSR count). The fourth-order valence-electron chi connectivity index (χ4n) is 3.35. The van der Waals surface area contributed by atoms with Crippen molar-refractivity contribution in [2.24, 2.45) is 5.84 Å². The minimum atomic E-state index is 0.300. The van der Waals surface area contributed by atoms with Crippen molar-refractivity contribution in [2.45, 2.75) is 49.8 Å². The van der Waals surface area contributed by atoms with Crippen LogP contribution in [0.3, 0.4) is 0 Å². The first-order chi connectivity index (χ1) is 9.71. The van der Waals surface area contributed by atoms with Crippen molar-refractivity contribution >= 4 is 11.8 Å². The number of thioether (sulfide) groups is 1. The molecule has 4 heteroatoms. The Morgan fingerprint density at radius 1 is 1.50 bits per heavy atom. The van der Waals surface area contributed by atoms with E-state index in [4.69, 9.17) is 10.6 Å². The normalized spacial score (nSPS) is 26.3. The minimum Gasteiger partial charge on any atom is -0.493 e. The smallest absolute Gasteiger partial charge is 0.122 e. The van der Waals surface area contributed by atoms with E-state index in [1.807, 2.05) is 0 Å². The molecule has 2 aliphatic heterocycles. The molecule has 0 amide bonds. The zero-order chi connectivity index (χ0) is 14.0. The fraction of sp³-hybridized carbons (Fsp3) is 0.625. The van der Waals surface area contributed by atoms with Gasteiger partial charge in [0, 0.05) is 17.2 Å². The van der Waals surface area contributed by atoms with Crippen LogP contribution < -0.4 is 16.0 Å². The van der Waals surface area contributed by atoms with E-state index in [9.17, 15) is 0 Å². The van der Waals surface area contributed by atoms with Crippen LogP contribution in [0.1, 0.15) is 37.3 Å². The third-order valence-electron chi connectivity index (χ3n) is 4.66. The van der Waals surface area contributed by atoms with Crippen LogP contribution >= 0.6 is 11.8 Å². The Morgan fingerprint density at radius 2 is 2.40 bits per heavy atom. The van der Waals surface area contributed by atoms with Crippen LogP contribution in [0.2, 0.25) is 0 Å². The Bertz CT molecular complexity index is 472. The first kappa shape index (κ1) is 14.2. The van der Waals surface area contributed by atoms with Gasteiger partial charge in [-0.05, 0) is 55.6 Å². The van der Waals surface area contributed by atoms with Crippen LogP contribution in [0, 0.1) is 0 Å². The number of fused-ring (bicyclic) bond motifs is 1. The van der Waals surface area contributed by atoms with Gasteiger partial charge in [-0.2, -0.15) is 11.8 Å². The van der Waals surface area contributed by atoms with Crippen molar-refractivity contribution in [1.82, 2.24) is 5.43 Å². The zero-order valence-corrected chi connectivity index (χ0v) is 13.0. The minimum absolute atomic E-state index is 0.300. The standard InChI is InChI=1S/C16H24N2OS/c1-16(8-2-10-20-16)15(18-17)6-4-12-3-5-14-13(11-12)7-9-19-14/h3,5,11,15,18H,2,4,6-10,17H2,1H3. The van der Waals surface area contributed by atoms with Crippen LogP contribution in [0.4, 0.5) is 0 Å². The van der Waals surface area contributed by atoms with Gasteiger partial charge in [0.05, 0.1) is 6.61 Å². The molecule has 110 valence electrons. The van der Waals surface area contributed by atoms with Gasteiger partial charge in [-0.1, -0.05) is 12.1 Å². The van der Waals surface area contributed by atoms with Gasteiger partial charge in [-0.25, -0.2) is 0 Å². The van der Waals surface area contributed by atoms with Gasteiger partial charge in [0.2, 0.25) is 0 Å². The van der Waals surface area contributed by atoms with Gasteiger partial charge in [-0.3, -0.25) is 11.3 Å². The number of hydrazine groups is 1. The first-order valence-corrected chi connectivity index (χ1v) is 8.54. The summed E-state index contributed by atoms with van der Waals surface area (Å²) in [7, 11) is 0. The molecule has 0 spiro atoms. The second-order valence-corrected chi connectivity index (χ2v) is 7.69. The van der Waals surface area contributed by atoms with Crippen LogP contribution in [-0.2, 0) is 12.8 Å². The molecule has 0 radical (unpaired) electrons. The summed E-state index contributed by atoms with van der Waals surface area (Å²) in [5.41, 5.74) is 5.83. The van der Waals surface area contributed by atoms with Crippen LogP contribution in [0.25, 0.3) is 0 Å². The van der Waals surface area contributed by atoms with Crippen molar-refractivity contribution in [2.75, 3.05) is 12.4 Å². The summed E-state index contributed by atoms with van der Waals surface area (Å²) in [5, 5.41) is 0. The second-order valence-electron chi connectivity index (χ2n) is 6.06. The molecule has 0 bridgehead atoms. The molecular weight excluding hydrogens is 268 g/mol. The Hall–Kier alpha value is -0.710. The van der Waals surface area contributed by atoms with Crippen LogP contribution in [0.15, 0.2) is 18.2 Å². The molecular formula is C16H24N2OS. The number of hydrogen-bond donors (Lipinski definition) is 2. The number of aryl methyl sites for hydroxylation is 1. The molecule has 2 unspecified atom stereocenters. The summed E-state index contributed by atoms with van der Waals surface area (Å²) >= 11 is 2.07. The molecule has 3 nitrogen and oxygen atoms in total. The van der Waals surface area contributed by atoms with Crippen molar-refractivity contribution in [3.63, 3.8) is 0 Å². The van der Waals surface area contributed by atoms with Crippen molar-refractivity contribution in [1.29, 1.82) is 0 Å². The van der Waals surface area contributed by atoms with Gasteiger partial charge < -0.3 is 4.74 Å². The van der Waals surface area contributed by atoms with E-state index in [2.05, 4.69) is 42.3 Å². The van der Waals surface area contributed by atoms with Gasteiger partial charge in [0.1, 0.15) is 5.75 Å². The molecule has 2 heterocycles. The SMILES string of the molecule is CC1(C(CCc2ccc3c(c2)CCO3)NN)CCCS1. The van der Waals surface area contributed by atoms with Gasteiger partial charge >= 0.3 is 0 Å². The highest BCUT2D eigenvalue weighted by Crippen LogP contribution is 2.41. The Balaban J connectivity index is 1.63. The second kappa shape index (κ2) is 5.96. The topological polar surface area (TPSA) is 47.3 Å². The lowest BCUT2D eigenvalue weighted by Gasteiger charge is -2.32. The molecule has 0 saturated carbocycles. The Kier molecular flexibility index (Phi) is 4.24. The van der Waals surface area contributed by atoms with E-state index in [0.717, 1.165) is 31.6 Å². The van der Waals surface area contributed by atoms with E-state index in [-0.39, 0.29) is 0 Å². The average Bonchev–Trinajstić information content (AvgIpc) is 3.08. The third-order valence-corrected chi connectivity index (χ3v) is 6.30. The predicted molar refractivity (Wildman–Crippen MR) is 85.2 cm³/mol. The lowest BCUT2D eigenvalue weighted by atomic mass is 9.91. The fourth-order valence-corrected chi connectivity index (χ4v) is 4.78. The number of nitrogens with one attached hydrogen (secondary N) is 1. The molecule has 20 heavy (non-hydrogen) atoms. The average molecular weight is 292 g/mol. The summed E-state index contributed by atoms with van der Waals surface area (Å²) in [6, 6.07) is 7.01. The van der Waals surface area contributed by atoms with E-state index < -0.39 is 0 Å². The molecule has 2 atom stereocenters. The lowest BCUT2D eigenvalue weighted by Crippen LogP contribution is -2.48. The summed E-state index contributed by atoms with van der Waals surface area (Å²) in [5.74, 6) is 8.15. The van der Waals surface area contributed by atoms with E-state index in [1.165, 1.54) is 29.7 Å². The number of hydrogen-bond acceptors (Lipinski definition) is 4. The van der Waals surface area contributed by atoms with E-state index in [0.29, 0.717) is 10.8 Å². The third kappa shape index (κ3) is 2.83.